The van der Waals surface area contributed by atoms with Gasteiger partial charge >= 0.3 is 8.84 Å². The summed E-state index contributed by atoms with van der Waals surface area (Å²) in [6, 6.07) is 39.4. The zero-order chi connectivity index (χ0) is 30.8. The molecule has 46 heavy (non-hydrogen) atoms. The fraction of sp³-hybridized carbons (Fsp3) is 0.238. The average Bonchev–Trinajstić information content (AvgIpc) is 3.44. The Morgan fingerprint density at radius 2 is 1.22 bits per heavy atom. The molecule has 4 heteroatoms. The van der Waals surface area contributed by atoms with Crippen LogP contribution in [0.3, 0.4) is 0 Å². The van der Waals surface area contributed by atoms with Crippen molar-refractivity contribution in [3.8, 4) is 0 Å². The maximum atomic E-state index is 13.4. The first-order valence-electron chi connectivity index (χ1n) is 16.5. The van der Waals surface area contributed by atoms with E-state index < -0.39 is 8.84 Å². The Kier molecular flexibility index (Phi) is 12.3. The quantitative estimate of drug-likeness (QED) is 0.146. The SMILES string of the molecule is C(C=Cc1ccccc1)=Cc1ccccc1.CN(C1CCCCC1)[Si](=O)CC1=C2C(=CC1)c1ccccc1Cc1ccccc12.[Ti]. The van der Waals surface area contributed by atoms with E-state index in [9.17, 15) is 4.46 Å². The van der Waals surface area contributed by atoms with Gasteiger partial charge in [-0.3, -0.25) is 0 Å². The molecule has 4 aromatic rings. The van der Waals surface area contributed by atoms with Crippen LogP contribution < -0.4 is 0 Å². The standard InChI is InChI=1S/C26H29NOSi.C16H14.Ti/c1-27(22-11-3-2-4-12-22)29(28)18-21-15-16-25-23-13-7-5-9-19(23)17-20-10-6-8-14-24(20)26(21)25;1-3-9-15(10-4-1)13-7-8-14-16-11-5-2-6-12-16;/h5-10,13-14,16,22H,2-4,11-12,15,17-18H2,1H3;1-14H;. The molecule has 0 N–H and O–H groups in total. The van der Waals surface area contributed by atoms with Gasteiger partial charge < -0.3 is 9.03 Å². The van der Waals surface area contributed by atoms with Crippen LogP contribution in [0.2, 0.25) is 6.04 Å². The van der Waals surface area contributed by atoms with Crippen molar-refractivity contribution in [1.29, 1.82) is 0 Å². The maximum Gasteiger partial charge on any atom is 0.398 e. The maximum absolute atomic E-state index is 13.4. The second-order valence-corrected chi connectivity index (χ2v) is 14.2. The molecule has 0 heterocycles. The Labute approximate surface area is 291 Å². The van der Waals surface area contributed by atoms with E-state index in [1.165, 1.54) is 82.2 Å². The van der Waals surface area contributed by atoms with Crippen LogP contribution in [0.25, 0.3) is 23.3 Å². The topological polar surface area (TPSA) is 20.3 Å². The van der Waals surface area contributed by atoms with Crippen LogP contribution in [0.5, 0.6) is 0 Å². The summed E-state index contributed by atoms with van der Waals surface area (Å²) in [6.45, 7) is 0. The summed E-state index contributed by atoms with van der Waals surface area (Å²) in [5, 5.41) is 0. The van der Waals surface area contributed by atoms with Crippen LogP contribution in [-0.2, 0) is 32.6 Å². The second-order valence-electron chi connectivity index (χ2n) is 12.3. The fourth-order valence-electron chi connectivity index (χ4n) is 6.86. The third-order valence-corrected chi connectivity index (χ3v) is 11.2. The Balaban J connectivity index is 0.000000209. The third kappa shape index (κ3) is 8.39. The summed E-state index contributed by atoms with van der Waals surface area (Å²) in [4.78, 5) is 0. The molecule has 3 aliphatic rings. The number of nitrogens with zero attached hydrogens (tertiary/aromatic N) is 1. The normalized spacial score (nSPS) is 15.5. The van der Waals surface area contributed by atoms with Gasteiger partial charge in [0.25, 0.3) is 0 Å². The number of benzene rings is 4. The van der Waals surface area contributed by atoms with Crippen molar-refractivity contribution >= 4 is 32.1 Å². The van der Waals surface area contributed by atoms with Gasteiger partial charge in [0.15, 0.2) is 0 Å². The van der Waals surface area contributed by atoms with Gasteiger partial charge in [-0.2, -0.15) is 0 Å². The van der Waals surface area contributed by atoms with Gasteiger partial charge in [-0.25, -0.2) is 0 Å². The first-order valence-corrected chi connectivity index (χ1v) is 18.0. The van der Waals surface area contributed by atoms with Crippen LogP contribution in [0, 0.1) is 0 Å². The molecule has 4 aromatic carbocycles. The van der Waals surface area contributed by atoms with Crippen LogP contribution in [0.1, 0.15) is 71.9 Å². The van der Waals surface area contributed by atoms with Gasteiger partial charge in [-0.1, -0.05) is 164 Å². The van der Waals surface area contributed by atoms with Crippen molar-refractivity contribution in [2.75, 3.05) is 7.05 Å². The summed E-state index contributed by atoms with van der Waals surface area (Å²) in [5.41, 5.74) is 12.0. The zero-order valence-corrected chi connectivity index (χ0v) is 29.4. The van der Waals surface area contributed by atoms with Crippen molar-refractivity contribution in [3.63, 3.8) is 0 Å². The van der Waals surface area contributed by atoms with E-state index in [0.29, 0.717) is 6.04 Å². The number of allylic oxidation sites excluding steroid dienone is 6. The molecule has 0 unspecified atom stereocenters. The minimum atomic E-state index is -1.80. The molecule has 0 aromatic heterocycles. The number of hydrogen-bond donors (Lipinski definition) is 0. The Hall–Kier alpha value is -3.63. The molecule has 2 nitrogen and oxygen atoms in total. The first kappa shape index (κ1) is 33.7. The van der Waals surface area contributed by atoms with Crippen molar-refractivity contribution in [3.05, 3.63) is 166 Å². The summed E-state index contributed by atoms with van der Waals surface area (Å²) in [6.07, 6.45) is 18.9. The molecule has 0 spiro atoms. The first-order chi connectivity index (χ1) is 22.2. The van der Waals surface area contributed by atoms with Crippen LogP contribution >= 0.6 is 0 Å². The van der Waals surface area contributed by atoms with Crippen molar-refractivity contribution in [2.24, 2.45) is 0 Å². The molecule has 1 fully saturated rings. The zero-order valence-electron chi connectivity index (χ0n) is 26.9. The number of rotatable bonds is 7. The summed E-state index contributed by atoms with van der Waals surface area (Å²) in [7, 11) is 0.303. The molecular formula is C42H43NOSiTi. The summed E-state index contributed by atoms with van der Waals surface area (Å²) in [5.74, 6) is 0. The van der Waals surface area contributed by atoms with Crippen molar-refractivity contribution < 1.29 is 26.2 Å². The molecular weight excluding hydrogens is 610 g/mol. The second kappa shape index (κ2) is 16.8. The minimum absolute atomic E-state index is 0. The van der Waals surface area contributed by atoms with Gasteiger partial charge in [0, 0.05) is 40.9 Å². The van der Waals surface area contributed by atoms with Gasteiger partial charge in [-0.15, -0.1) is 0 Å². The average molecular weight is 654 g/mol. The molecule has 0 aliphatic heterocycles. The molecule has 0 amide bonds. The van der Waals surface area contributed by atoms with E-state index in [-0.39, 0.29) is 21.7 Å². The molecule has 0 atom stereocenters. The van der Waals surface area contributed by atoms with E-state index in [1.807, 2.05) is 36.4 Å². The Morgan fingerprint density at radius 3 is 1.83 bits per heavy atom. The van der Waals surface area contributed by atoms with E-state index in [2.05, 4.69) is 115 Å². The number of fused-ring (bicyclic) bond motifs is 5. The predicted octanol–water partition coefficient (Wildman–Crippen LogP) is 10.4. The molecule has 0 bridgehead atoms. The van der Waals surface area contributed by atoms with Crippen LogP contribution in [0.15, 0.2) is 133 Å². The fourth-order valence-corrected chi connectivity index (χ4v) is 8.46. The summed E-state index contributed by atoms with van der Waals surface area (Å²) < 4.78 is 15.6. The molecule has 0 radical (unpaired) electrons. The molecule has 3 aliphatic carbocycles. The Morgan fingerprint density at radius 1 is 0.696 bits per heavy atom. The van der Waals surface area contributed by atoms with Crippen LogP contribution in [0.4, 0.5) is 0 Å². The van der Waals surface area contributed by atoms with Gasteiger partial charge in [0.2, 0.25) is 0 Å². The largest absolute Gasteiger partial charge is 0.398 e. The molecule has 1 saturated carbocycles. The predicted molar refractivity (Wildman–Crippen MR) is 192 cm³/mol. The minimum Gasteiger partial charge on any atom is -0.377 e. The van der Waals surface area contributed by atoms with Gasteiger partial charge in [0.05, 0.1) is 0 Å². The monoisotopic (exact) mass is 653 g/mol. The van der Waals surface area contributed by atoms with E-state index in [4.69, 9.17) is 0 Å². The van der Waals surface area contributed by atoms with Gasteiger partial charge in [0.1, 0.15) is 0 Å². The Bertz CT molecular complexity index is 1680. The summed E-state index contributed by atoms with van der Waals surface area (Å²) >= 11 is 0. The smallest absolute Gasteiger partial charge is 0.377 e. The third-order valence-electron chi connectivity index (χ3n) is 9.32. The van der Waals surface area contributed by atoms with E-state index >= 15 is 0 Å². The van der Waals surface area contributed by atoms with Crippen molar-refractivity contribution in [1.82, 2.24) is 4.57 Å². The molecule has 7 rings (SSSR count). The van der Waals surface area contributed by atoms with Crippen molar-refractivity contribution in [2.45, 2.75) is 57.0 Å². The van der Waals surface area contributed by atoms with Gasteiger partial charge in [-0.05, 0) is 70.2 Å². The molecule has 230 valence electrons. The van der Waals surface area contributed by atoms with E-state index in [1.54, 1.807) is 0 Å². The van der Waals surface area contributed by atoms with E-state index in [0.717, 1.165) is 18.9 Å². The number of hydrogen-bond acceptors (Lipinski definition) is 1. The van der Waals surface area contributed by atoms with Crippen LogP contribution in [-0.4, -0.2) is 26.5 Å². The molecule has 0 saturated heterocycles.